The molecule has 14 heavy (non-hydrogen) atoms. The summed E-state index contributed by atoms with van der Waals surface area (Å²) >= 11 is 0. The van der Waals surface area contributed by atoms with Gasteiger partial charge in [0.2, 0.25) is 0 Å². The molecule has 1 aliphatic carbocycles. The molecule has 0 fully saturated rings. The van der Waals surface area contributed by atoms with Crippen molar-refractivity contribution in [2.24, 2.45) is 5.92 Å². The Labute approximate surface area is 89.1 Å². The summed E-state index contributed by atoms with van der Waals surface area (Å²) in [7, 11) is 0. The zero-order chi connectivity index (χ0) is 10.4. The highest BCUT2D eigenvalue weighted by molar-refractivity contribution is 5.27. The molecule has 80 valence electrons. The van der Waals surface area contributed by atoms with Gasteiger partial charge in [0.15, 0.2) is 0 Å². The van der Waals surface area contributed by atoms with E-state index in [4.69, 9.17) is 0 Å². The second kappa shape index (κ2) is 6.06. The lowest BCUT2D eigenvalue weighted by molar-refractivity contribution is 0.462. The maximum atomic E-state index is 2.44. The molecular formula is C14H24. The molecule has 0 heterocycles. The summed E-state index contributed by atoms with van der Waals surface area (Å²) in [5, 5.41) is 0. The Kier molecular flexibility index (Phi) is 5.00. The van der Waals surface area contributed by atoms with Gasteiger partial charge in [-0.15, -0.1) is 0 Å². The topological polar surface area (TPSA) is 0 Å². The van der Waals surface area contributed by atoms with Gasteiger partial charge in [-0.25, -0.2) is 0 Å². The first-order valence-electron chi connectivity index (χ1n) is 6.12. The monoisotopic (exact) mass is 192 g/mol. The third-order valence-corrected chi connectivity index (χ3v) is 3.18. The van der Waals surface area contributed by atoms with Gasteiger partial charge in [-0.1, -0.05) is 56.4 Å². The van der Waals surface area contributed by atoms with Gasteiger partial charge in [0.25, 0.3) is 0 Å². The fourth-order valence-corrected chi connectivity index (χ4v) is 2.27. The summed E-state index contributed by atoms with van der Waals surface area (Å²) in [6.45, 7) is 6.87. The Morgan fingerprint density at radius 2 is 2.14 bits per heavy atom. The van der Waals surface area contributed by atoms with Gasteiger partial charge < -0.3 is 0 Å². The van der Waals surface area contributed by atoms with Crippen molar-refractivity contribution in [1.82, 2.24) is 0 Å². The lowest BCUT2D eigenvalue weighted by Gasteiger charge is -2.17. The lowest BCUT2D eigenvalue weighted by Crippen LogP contribution is -2.01. The predicted octanol–water partition coefficient (Wildman–Crippen LogP) is 4.87. The van der Waals surface area contributed by atoms with Gasteiger partial charge in [-0.05, 0) is 32.1 Å². The van der Waals surface area contributed by atoms with Crippen molar-refractivity contribution in [2.45, 2.75) is 59.3 Å². The Morgan fingerprint density at radius 1 is 1.36 bits per heavy atom. The standard InChI is InChI=1S/C14H24/c1-4-7-13(5-2)11-14-9-6-8-12(3)10-14/h9-10,13H,4-8,11H2,1-3H3. The second-order valence-corrected chi connectivity index (χ2v) is 4.58. The highest BCUT2D eigenvalue weighted by Crippen LogP contribution is 2.25. The van der Waals surface area contributed by atoms with Crippen LogP contribution in [0.25, 0.3) is 0 Å². The van der Waals surface area contributed by atoms with Crippen LogP contribution >= 0.6 is 0 Å². The van der Waals surface area contributed by atoms with Crippen molar-refractivity contribution in [2.75, 3.05) is 0 Å². The molecular weight excluding hydrogens is 168 g/mol. The summed E-state index contributed by atoms with van der Waals surface area (Å²) in [4.78, 5) is 0. The number of hydrogen-bond acceptors (Lipinski definition) is 0. The van der Waals surface area contributed by atoms with Gasteiger partial charge in [-0.3, -0.25) is 0 Å². The molecule has 0 aromatic rings. The van der Waals surface area contributed by atoms with Crippen LogP contribution in [0, 0.1) is 5.92 Å². The maximum absolute atomic E-state index is 2.44. The first-order chi connectivity index (χ1) is 6.76. The van der Waals surface area contributed by atoms with Crippen LogP contribution in [0.5, 0.6) is 0 Å². The van der Waals surface area contributed by atoms with E-state index in [1.807, 2.05) is 0 Å². The van der Waals surface area contributed by atoms with Crippen LogP contribution in [-0.2, 0) is 0 Å². The molecule has 0 aliphatic heterocycles. The van der Waals surface area contributed by atoms with Crippen LogP contribution in [0.15, 0.2) is 23.3 Å². The van der Waals surface area contributed by atoms with Crippen molar-refractivity contribution in [3.05, 3.63) is 23.3 Å². The maximum Gasteiger partial charge on any atom is -0.0254 e. The molecule has 0 heteroatoms. The SMILES string of the molecule is CCCC(CC)CC1=CCCC(C)=C1. The van der Waals surface area contributed by atoms with Crippen LogP contribution < -0.4 is 0 Å². The fourth-order valence-electron chi connectivity index (χ4n) is 2.27. The van der Waals surface area contributed by atoms with E-state index in [9.17, 15) is 0 Å². The third-order valence-electron chi connectivity index (χ3n) is 3.18. The van der Waals surface area contributed by atoms with Crippen LogP contribution in [0.2, 0.25) is 0 Å². The molecule has 0 nitrogen and oxygen atoms in total. The molecule has 1 atom stereocenters. The fraction of sp³-hybridized carbons (Fsp3) is 0.714. The zero-order valence-electron chi connectivity index (χ0n) is 9.97. The summed E-state index contributed by atoms with van der Waals surface area (Å²) in [6, 6.07) is 0. The van der Waals surface area contributed by atoms with E-state index in [0.717, 1.165) is 5.92 Å². The normalized spacial score (nSPS) is 18.8. The predicted molar refractivity (Wildman–Crippen MR) is 64.4 cm³/mol. The number of hydrogen-bond donors (Lipinski definition) is 0. The molecule has 1 rings (SSSR count). The van der Waals surface area contributed by atoms with Gasteiger partial charge >= 0.3 is 0 Å². The molecule has 1 aliphatic rings. The molecule has 0 aromatic heterocycles. The van der Waals surface area contributed by atoms with E-state index >= 15 is 0 Å². The highest BCUT2D eigenvalue weighted by atomic mass is 14.1. The van der Waals surface area contributed by atoms with Crippen molar-refractivity contribution in [1.29, 1.82) is 0 Å². The zero-order valence-corrected chi connectivity index (χ0v) is 9.97. The molecule has 0 N–H and O–H groups in total. The van der Waals surface area contributed by atoms with Gasteiger partial charge in [0.1, 0.15) is 0 Å². The average molecular weight is 192 g/mol. The van der Waals surface area contributed by atoms with Crippen molar-refractivity contribution in [3.8, 4) is 0 Å². The summed E-state index contributed by atoms with van der Waals surface area (Å²) in [5.41, 5.74) is 3.16. The van der Waals surface area contributed by atoms with E-state index < -0.39 is 0 Å². The molecule has 0 saturated carbocycles. The van der Waals surface area contributed by atoms with Crippen LogP contribution in [0.3, 0.4) is 0 Å². The molecule has 0 spiro atoms. The van der Waals surface area contributed by atoms with E-state index in [-0.39, 0.29) is 0 Å². The smallest absolute Gasteiger partial charge is 0.0254 e. The summed E-state index contributed by atoms with van der Waals surface area (Å²) < 4.78 is 0. The van der Waals surface area contributed by atoms with E-state index in [1.165, 1.54) is 38.5 Å². The lowest BCUT2D eigenvalue weighted by atomic mass is 9.89. The molecule has 0 amide bonds. The minimum absolute atomic E-state index is 0.911. The molecule has 0 bridgehead atoms. The van der Waals surface area contributed by atoms with Crippen molar-refractivity contribution in [3.63, 3.8) is 0 Å². The van der Waals surface area contributed by atoms with Crippen molar-refractivity contribution < 1.29 is 0 Å². The minimum atomic E-state index is 0.911. The molecule has 0 radical (unpaired) electrons. The van der Waals surface area contributed by atoms with E-state index in [1.54, 1.807) is 11.1 Å². The quantitative estimate of drug-likeness (QED) is 0.583. The Morgan fingerprint density at radius 3 is 2.71 bits per heavy atom. The molecule has 1 unspecified atom stereocenters. The Balaban J connectivity index is 2.45. The van der Waals surface area contributed by atoms with Gasteiger partial charge in [-0.2, -0.15) is 0 Å². The van der Waals surface area contributed by atoms with Gasteiger partial charge in [0, 0.05) is 0 Å². The molecule has 0 aromatic carbocycles. The number of allylic oxidation sites excluding steroid dienone is 4. The Hall–Kier alpha value is -0.520. The van der Waals surface area contributed by atoms with E-state index in [2.05, 4.69) is 32.9 Å². The van der Waals surface area contributed by atoms with E-state index in [0.29, 0.717) is 0 Å². The van der Waals surface area contributed by atoms with Gasteiger partial charge in [0.05, 0.1) is 0 Å². The molecule has 0 saturated heterocycles. The largest absolute Gasteiger partial charge is 0.0810 e. The second-order valence-electron chi connectivity index (χ2n) is 4.58. The van der Waals surface area contributed by atoms with Crippen molar-refractivity contribution >= 4 is 0 Å². The number of rotatable bonds is 5. The average Bonchev–Trinajstić information content (AvgIpc) is 2.17. The summed E-state index contributed by atoms with van der Waals surface area (Å²) in [6.07, 6.45) is 12.7. The minimum Gasteiger partial charge on any atom is -0.0810 e. The third kappa shape index (κ3) is 3.69. The summed E-state index contributed by atoms with van der Waals surface area (Å²) in [5.74, 6) is 0.911. The first-order valence-corrected chi connectivity index (χ1v) is 6.12. The van der Waals surface area contributed by atoms with Crippen LogP contribution in [0.4, 0.5) is 0 Å². The van der Waals surface area contributed by atoms with Crippen LogP contribution in [-0.4, -0.2) is 0 Å². The highest BCUT2D eigenvalue weighted by Gasteiger charge is 2.09. The Bertz CT molecular complexity index is 220. The first kappa shape index (κ1) is 11.6. The van der Waals surface area contributed by atoms with Crippen LogP contribution in [0.1, 0.15) is 59.3 Å².